The maximum atomic E-state index is 12.4. The van der Waals surface area contributed by atoms with Crippen molar-refractivity contribution in [3.63, 3.8) is 0 Å². The Bertz CT molecular complexity index is 606. The van der Waals surface area contributed by atoms with E-state index in [0.29, 0.717) is 25.9 Å². The van der Waals surface area contributed by atoms with Crippen molar-refractivity contribution in [1.29, 1.82) is 0 Å². The fourth-order valence-corrected chi connectivity index (χ4v) is 5.39. The highest BCUT2D eigenvalue weighted by atomic mass is 32.2. The number of sulfone groups is 1. The number of hydrogen-bond acceptors (Lipinski definition) is 4. The van der Waals surface area contributed by atoms with Crippen LogP contribution in [0.1, 0.15) is 50.1 Å². The van der Waals surface area contributed by atoms with E-state index in [4.69, 9.17) is 0 Å². The summed E-state index contributed by atoms with van der Waals surface area (Å²) < 4.78 is 24.7. The van der Waals surface area contributed by atoms with E-state index in [0.717, 1.165) is 31.4 Å². The van der Waals surface area contributed by atoms with Gasteiger partial charge in [0.05, 0.1) is 5.25 Å². The lowest BCUT2D eigenvalue weighted by Gasteiger charge is -2.32. The molecule has 1 aromatic heterocycles. The third kappa shape index (κ3) is 3.34. The van der Waals surface area contributed by atoms with Crippen LogP contribution >= 0.6 is 0 Å². The van der Waals surface area contributed by atoms with E-state index >= 15 is 0 Å². The molecule has 1 amide bonds. The number of amides is 1. The lowest BCUT2D eigenvalue weighted by atomic mass is 9.95. The molecule has 1 saturated carbocycles. The molecule has 1 saturated heterocycles. The normalized spacial score (nSPS) is 23.8. The molecular formula is C15H23N3O3S. The standard InChI is InChI=1S/C15H23N3O3S/c19-15(11-22(20,21)13-5-1-2-6-13)18-9-3-4-12(10-18)14-7-8-16-17-14/h7-8,12-13H,1-6,9-11H2,(H,16,17)/t12-/m1/s1. The van der Waals surface area contributed by atoms with Crippen molar-refractivity contribution in [3.05, 3.63) is 18.0 Å². The SMILES string of the molecule is O=C(CS(=O)(=O)C1CCCC1)N1CCC[C@@H](c2ccn[nH]2)C1. The summed E-state index contributed by atoms with van der Waals surface area (Å²) >= 11 is 0. The van der Waals surface area contributed by atoms with Gasteiger partial charge in [-0.05, 0) is 31.7 Å². The summed E-state index contributed by atoms with van der Waals surface area (Å²) in [5.41, 5.74) is 1.02. The summed E-state index contributed by atoms with van der Waals surface area (Å²) in [6, 6.07) is 1.92. The Kier molecular flexibility index (Phi) is 4.52. The van der Waals surface area contributed by atoms with Gasteiger partial charge >= 0.3 is 0 Å². The van der Waals surface area contributed by atoms with Crippen LogP contribution in [0.4, 0.5) is 0 Å². The lowest BCUT2D eigenvalue weighted by molar-refractivity contribution is -0.129. The Morgan fingerprint density at radius 2 is 2.05 bits per heavy atom. The number of nitrogens with one attached hydrogen (secondary N) is 1. The zero-order valence-corrected chi connectivity index (χ0v) is 13.5. The summed E-state index contributed by atoms with van der Waals surface area (Å²) in [5, 5.41) is 6.61. The number of aromatic nitrogens is 2. The summed E-state index contributed by atoms with van der Waals surface area (Å²) in [5.74, 6) is -0.335. The molecule has 1 aromatic rings. The summed E-state index contributed by atoms with van der Waals surface area (Å²) in [4.78, 5) is 14.1. The Balaban J connectivity index is 1.62. The van der Waals surface area contributed by atoms with Gasteiger partial charge in [0.25, 0.3) is 0 Å². The second kappa shape index (κ2) is 6.40. The van der Waals surface area contributed by atoms with Crippen LogP contribution in [0.2, 0.25) is 0 Å². The van der Waals surface area contributed by atoms with Gasteiger partial charge in [-0.15, -0.1) is 0 Å². The molecule has 22 heavy (non-hydrogen) atoms. The molecule has 6 nitrogen and oxygen atoms in total. The number of nitrogens with zero attached hydrogens (tertiary/aromatic N) is 2. The second-order valence-electron chi connectivity index (χ2n) is 6.40. The van der Waals surface area contributed by atoms with E-state index in [1.54, 1.807) is 11.1 Å². The number of carbonyl (C=O) groups excluding carboxylic acids is 1. The minimum absolute atomic E-state index is 0.231. The molecule has 0 aromatic carbocycles. The van der Waals surface area contributed by atoms with Gasteiger partial charge in [-0.3, -0.25) is 9.89 Å². The van der Waals surface area contributed by atoms with Crippen molar-refractivity contribution in [2.75, 3.05) is 18.8 Å². The Labute approximate surface area is 131 Å². The molecule has 2 heterocycles. The van der Waals surface area contributed by atoms with Crippen LogP contribution in [0.25, 0.3) is 0 Å². The molecule has 1 N–H and O–H groups in total. The number of aromatic amines is 1. The van der Waals surface area contributed by atoms with E-state index in [2.05, 4.69) is 10.2 Å². The van der Waals surface area contributed by atoms with Crippen LogP contribution in [-0.2, 0) is 14.6 Å². The largest absolute Gasteiger partial charge is 0.341 e. The molecule has 0 unspecified atom stereocenters. The number of hydrogen-bond donors (Lipinski definition) is 1. The van der Waals surface area contributed by atoms with Crippen molar-refractivity contribution in [1.82, 2.24) is 15.1 Å². The van der Waals surface area contributed by atoms with Crippen LogP contribution in [0.3, 0.4) is 0 Å². The van der Waals surface area contributed by atoms with E-state index in [1.807, 2.05) is 6.07 Å². The van der Waals surface area contributed by atoms with E-state index in [9.17, 15) is 13.2 Å². The second-order valence-corrected chi connectivity index (χ2v) is 8.69. The van der Waals surface area contributed by atoms with Crippen molar-refractivity contribution in [3.8, 4) is 0 Å². The smallest absolute Gasteiger partial charge is 0.237 e. The number of piperidine rings is 1. The number of rotatable bonds is 4. The fourth-order valence-electron chi connectivity index (χ4n) is 3.58. The molecule has 0 spiro atoms. The van der Waals surface area contributed by atoms with Crippen molar-refractivity contribution in [2.24, 2.45) is 0 Å². The minimum Gasteiger partial charge on any atom is -0.341 e. The third-order valence-corrected chi connectivity index (χ3v) is 7.01. The molecule has 1 aliphatic heterocycles. The highest BCUT2D eigenvalue weighted by Crippen LogP contribution is 2.27. The van der Waals surface area contributed by atoms with E-state index in [-0.39, 0.29) is 22.8 Å². The van der Waals surface area contributed by atoms with Gasteiger partial charge in [-0.2, -0.15) is 5.10 Å². The Hall–Kier alpha value is -1.37. The number of H-pyrrole nitrogens is 1. The average Bonchev–Trinajstić information content (AvgIpc) is 3.20. The molecule has 1 atom stereocenters. The molecule has 2 fully saturated rings. The van der Waals surface area contributed by atoms with Crippen LogP contribution in [0.5, 0.6) is 0 Å². The highest BCUT2D eigenvalue weighted by molar-refractivity contribution is 7.92. The quantitative estimate of drug-likeness (QED) is 0.909. The summed E-state index contributed by atoms with van der Waals surface area (Å²) in [7, 11) is -3.29. The maximum Gasteiger partial charge on any atom is 0.237 e. The van der Waals surface area contributed by atoms with Crippen LogP contribution in [-0.4, -0.2) is 53.5 Å². The zero-order chi connectivity index (χ0) is 15.6. The molecule has 0 radical (unpaired) electrons. The van der Waals surface area contributed by atoms with Crippen LogP contribution in [0.15, 0.2) is 12.3 Å². The molecule has 1 aliphatic carbocycles. The van der Waals surface area contributed by atoms with Crippen LogP contribution in [0, 0.1) is 0 Å². The van der Waals surface area contributed by atoms with Gasteiger partial charge in [0.1, 0.15) is 5.75 Å². The van der Waals surface area contributed by atoms with Gasteiger partial charge in [0.2, 0.25) is 5.91 Å². The average molecular weight is 325 g/mol. The Morgan fingerprint density at radius 1 is 1.27 bits per heavy atom. The molecule has 3 rings (SSSR count). The molecule has 2 aliphatic rings. The van der Waals surface area contributed by atoms with Gasteiger partial charge in [0.15, 0.2) is 9.84 Å². The van der Waals surface area contributed by atoms with Crippen LogP contribution < -0.4 is 0 Å². The highest BCUT2D eigenvalue weighted by Gasteiger charge is 2.33. The van der Waals surface area contributed by atoms with Gasteiger partial charge in [0, 0.05) is 30.9 Å². The first kappa shape index (κ1) is 15.5. The third-order valence-electron chi connectivity index (χ3n) is 4.87. The van der Waals surface area contributed by atoms with E-state index < -0.39 is 9.84 Å². The zero-order valence-electron chi connectivity index (χ0n) is 12.7. The molecule has 0 bridgehead atoms. The lowest BCUT2D eigenvalue weighted by Crippen LogP contribution is -2.43. The fraction of sp³-hybridized carbons (Fsp3) is 0.733. The molecule has 7 heteroatoms. The summed E-state index contributed by atoms with van der Waals surface area (Å²) in [6.45, 7) is 1.24. The number of carbonyl (C=O) groups is 1. The topological polar surface area (TPSA) is 83.1 Å². The first-order valence-corrected chi connectivity index (χ1v) is 9.76. The predicted molar refractivity (Wildman–Crippen MR) is 83.2 cm³/mol. The van der Waals surface area contributed by atoms with Crippen molar-refractivity contribution in [2.45, 2.75) is 49.7 Å². The van der Waals surface area contributed by atoms with Gasteiger partial charge in [-0.25, -0.2) is 8.42 Å². The molecular weight excluding hydrogens is 302 g/mol. The van der Waals surface area contributed by atoms with E-state index in [1.165, 1.54) is 0 Å². The number of likely N-dealkylation sites (tertiary alicyclic amines) is 1. The predicted octanol–water partition coefficient (Wildman–Crippen LogP) is 1.47. The maximum absolute atomic E-state index is 12.4. The molecule has 122 valence electrons. The van der Waals surface area contributed by atoms with Crippen molar-refractivity contribution < 1.29 is 13.2 Å². The first-order chi connectivity index (χ1) is 10.6. The monoisotopic (exact) mass is 325 g/mol. The first-order valence-electron chi connectivity index (χ1n) is 8.05. The van der Waals surface area contributed by atoms with Crippen molar-refractivity contribution >= 4 is 15.7 Å². The Morgan fingerprint density at radius 3 is 2.73 bits per heavy atom. The van der Waals surface area contributed by atoms with Gasteiger partial charge in [-0.1, -0.05) is 12.8 Å². The van der Waals surface area contributed by atoms with Gasteiger partial charge < -0.3 is 4.90 Å². The minimum atomic E-state index is -3.29. The summed E-state index contributed by atoms with van der Waals surface area (Å²) in [6.07, 6.45) is 6.97.